The largest absolute Gasteiger partial charge is 0.396 e. The maximum atomic E-state index is 12.4. The summed E-state index contributed by atoms with van der Waals surface area (Å²) in [5.41, 5.74) is -0.101. The second kappa shape index (κ2) is 6.46. The summed E-state index contributed by atoms with van der Waals surface area (Å²) in [7, 11) is 2.06. The quantitative estimate of drug-likeness (QED) is 0.839. The van der Waals surface area contributed by atoms with E-state index in [0.29, 0.717) is 19.1 Å². The van der Waals surface area contributed by atoms with Gasteiger partial charge in [0.15, 0.2) is 0 Å². The van der Waals surface area contributed by atoms with Gasteiger partial charge in [0, 0.05) is 30.3 Å². The summed E-state index contributed by atoms with van der Waals surface area (Å²) in [6, 6.07) is 0.558. The van der Waals surface area contributed by atoms with Gasteiger partial charge >= 0.3 is 0 Å². The highest BCUT2D eigenvalue weighted by molar-refractivity contribution is 7.99. The van der Waals surface area contributed by atoms with E-state index in [9.17, 15) is 9.90 Å². The topological polar surface area (TPSA) is 43.8 Å². The number of carbonyl (C=O) groups is 1. The number of hydrogen-bond acceptors (Lipinski definition) is 4. The number of hydrogen-bond donors (Lipinski definition) is 1. The molecule has 0 spiro atoms. The highest BCUT2D eigenvalue weighted by Gasteiger charge is 2.33. The fourth-order valence-corrected chi connectivity index (χ4v) is 4.27. The van der Waals surface area contributed by atoms with Crippen LogP contribution in [0.1, 0.15) is 26.2 Å². The van der Waals surface area contributed by atoms with Crippen LogP contribution in [0.15, 0.2) is 0 Å². The Balaban J connectivity index is 1.85. The Labute approximate surface area is 120 Å². The first-order chi connectivity index (χ1) is 9.04. The molecule has 4 nitrogen and oxygen atoms in total. The van der Waals surface area contributed by atoms with Crippen LogP contribution in [0.2, 0.25) is 0 Å². The Morgan fingerprint density at radius 2 is 2.37 bits per heavy atom. The number of rotatable bonds is 4. The standard InChI is InChI=1S/C14H26N2O2S/c1-14(11-17)5-3-6-16(10-14)13(18)8-15(2)12-4-7-19-9-12/h12,17H,3-11H2,1-2H3. The molecule has 1 amide bonds. The van der Waals surface area contributed by atoms with Crippen LogP contribution in [-0.2, 0) is 4.79 Å². The molecule has 5 heteroatoms. The molecule has 2 unspecified atom stereocenters. The van der Waals surface area contributed by atoms with Gasteiger partial charge in [-0.3, -0.25) is 9.69 Å². The van der Waals surface area contributed by atoms with Crippen LogP contribution in [0.5, 0.6) is 0 Å². The van der Waals surface area contributed by atoms with Crippen LogP contribution in [0.4, 0.5) is 0 Å². The summed E-state index contributed by atoms with van der Waals surface area (Å²) in [4.78, 5) is 16.5. The number of carbonyl (C=O) groups excluding carboxylic acids is 1. The monoisotopic (exact) mass is 286 g/mol. The summed E-state index contributed by atoms with van der Waals surface area (Å²) in [5, 5.41) is 9.45. The molecule has 0 aliphatic carbocycles. The van der Waals surface area contributed by atoms with Crippen molar-refractivity contribution in [3.63, 3.8) is 0 Å². The third kappa shape index (κ3) is 3.86. The van der Waals surface area contributed by atoms with Crippen LogP contribution in [-0.4, -0.2) is 71.6 Å². The van der Waals surface area contributed by atoms with Crippen molar-refractivity contribution >= 4 is 17.7 Å². The molecule has 2 heterocycles. The van der Waals surface area contributed by atoms with Crippen molar-refractivity contribution in [1.29, 1.82) is 0 Å². The summed E-state index contributed by atoms with van der Waals surface area (Å²) >= 11 is 1.98. The fraction of sp³-hybridized carbons (Fsp3) is 0.929. The molecule has 0 aromatic rings. The Morgan fingerprint density at radius 1 is 1.58 bits per heavy atom. The molecule has 2 saturated heterocycles. The van der Waals surface area contributed by atoms with Crippen molar-refractivity contribution in [2.24, 2.45) is 5.41 Å². The van der Waals surface area contributed by atoms with E-state index >= 15 is 0 Å². The minimum Gasteiger partial charge on any atom is -0.396 e. The van der Waals surface area contributed by atoms with E-state index in [1.165, 1.54) is 12.2 Å². The van der Waals surface area contributed by atoms with Crippen LogP contribution >= 0.6 is 11.8 Å². The average Bonchev–Trinajstić information content (AvgIpc) is 2.92. The number of amides is 1. The number of thioether (sulfide) groups is 1. The zero-order valence-electron chi connectivity index (χ0n) is 12.1. The first-order valence-electron chi connectivity index (χ1n) is 7.21. The van der Waals surface area contributed by atoms with Crippen molar-refractivity contribution in [1.82, 2.24) is 9.80 Å². The highest BCUT2D eigenvalue weighted by atomic mass is 32.2. The minimum atomic E-state index is -0.101. The molecule has 2 aliphatic heterocycles. The van der Waals surface area contributed by atoms with E-state index in [1.807, 2.05) is 16.7 Å². The third-order valence-corrected chi connectivity index (χ3v) is 5.57. The predicted octanol–water partition coefficient (Wildman–Crippen LogP) is 1.04. The summed E-state index contributed by atoms with van der Waals surface area (Å²) in [6.45, 7) is 4.32. The first kappa shape index (κ1) is 15.1. The summed E-state index contributed by atoms with van der Waals surface area (Å²) in [5.74, 6) is 2.59. The Kier molecular flexibility index (Phi) is 5.15. The highest BCUT2D eigenvalue weighted by Crippen LogP contribution is 2.29. The molecular weight excluding hydrogens is 260 g/mol. The molecule has 0 aromatic heterocycles. The molecule has 110 valence electrons. The normalized spacial score (nSPS) is 32.0. The van der Waals surface area contributed by atoms with Crippen LogP contribution < -0.4 is 0 Å². The van der Waals surface area contributed by atoms with Crippen LogP contribution in [0.25, 0.3) is 0 Å². The summed E-state index contributed by atoms with van der Waals surface area (Å²) < 4.78 is 0. The van der Waals surface area contributed by atoms with Gasteiger partial charge in [0.05, 0.1) is 13.2 Å². The lowest BCUT2D eigenvalue weighted by molar-refractivity contribution is -0.136. The van der Waals surface area contributed by atoms with Gasteiger partial charge in [-0.1, -0.05) is 6.92 Å². The molecule has 0 bridgehead atoms. The number of nitrogens with zero attached hydrogens (tertiary/aromatic N) is 2. The van der Waals surface area contributed by atoms with Gasteiger partial charge in [-0.15, -0.1) is 0 Å². The number of piperidine rings is 1. The van der Waals surface area contributed by atoms with E-state index in [0.717, 1.165) is 25.1 Å². The summed E-state index contributed by atoms with van der Waals surface area (Å²) in [6.07, 6.45) is 3.22. The third-order valence-electron chi connectivity index (χ3n) is 4.43. The van der Waals surface area contributed by atoms with E-state index < -0.39 is 0 Å². The smallest absolute Gasteiger partial charge is 0.236 e. The maximum absolute atomic E-state index is 12.4. The maximum Gasteiger partial charge on any atom is 0.236 e. The first-order valence-corrected chi connectivity index (χ1v) is 8.36. The van der Waals surface area contributed by atoms with Gasteiger partial charge in [-0.2, -0.15) is 11.8 Å². The lowest BCUT2D eigenvalue weighted by atomic mass is 9.83. The SMILES string of the molecule is CN(CC(=O)N1CCCC(C)(CO)C1)C1CCSC1. The molecule has 0 radical (unpaired) electrons. The van der Waals surface area contributed by atoms with Crippen molar-refractivity contribution in [3.8, 4) is 0 Å². The second-order valence-electron chi connectivity index (χ2n) is 6.32. The Hall–Kier alpha value is -0.260. The fourth-order valence-electron chi connectivity index (χ4n) is 2.97. The van der Waals surface area contributed by atoms with Gasteiger partial charge in [0.2, 0.25) is 5.91 Å². The van der Waals surface area contributed by atoms with Gasteiger partial charge in [0.25, 0.3) is 0 Å². The van der Waals surface area contributed by atoms with Crippen molar-refractivity contribution in [2.75, 3.05) is 44.8 Å². The number of likely N-dealkylation sites (tertiary alicyclic amines) is 1. The van der Waals surface area contributed by atoms with E-state index in [4.69, 9.17) is 0 Å². The van der Waals surface area contributed by atoms with Crippen molar-refractivity contribution in [3.05, 3.63) is 0 Å². The average molecular weight is 286 g/mol. The second-order valence-corrected chi connectivity index (χ2v) is 7.47. The lowest BCUT2D eigenvalue weighted by Crippen LogP contribution is -2.50. The van der Waals surface area contributed by atoms with Crippen LogP contribution in [0.3, 0.4) is 0 Å². The Morgan fingerprint density at radius 3 is 3.00 bits per heavy atom. The zero-order chi connectivity index (χ0) is 13.9. The van der Waals surface area contributed by atoms with E-state index in [-0.39, 0.29) is 17.9 Å². The number of likely N-dealkylation sites (N-methyl/N-ethyl adjacent to an activating group) is 1. The van der Waals surface area contributed by atoms with E-state index in [1.54, 1.807) is 0 Å². The molecular formula is C14H26N2O2S. The molecule has 0 saturated carbocycles. The number of aliphatic hydroxyl groups excluding tert-OH is 1. The van der Waals surface area contributed by atoms with Gasteiger partial charge in [-0.05, 0) is 32.1 Å². The van der Waals surface area contributed by atoms with Crippen molar-refractivity contribution < 1.29 is 9.90 Å². The molecule has 2 rings (SSSR count). The van der Waals surface area contributed by atoms with Gasteiger partial charge < -0.3 is 10.0 Å². The predicted molar refractivity (Wildman–Crippen MR) is 79.4 cm³/mol. The van der Waals surface area contributed by atoms with Crippen molar-refractivity contribution in [2.45, 2.75) is 32.2 Å². The molecule has 2 atom stereocenters. The minimum absolute atomic E-state index is 0.101. The lowest BCUT2D eigenvalue weighted by Gasteiger charge is -2.40. The Bertz CT molecular complexity index is 321. The van der Waals surface area contributed by atoms with Gasteiger partial charge in [-0.25, -0.2) is 0 Å². The molecule has 0 aromatic carbocycles. The molecule has 2 fully saturated rings. The molecule has 1 N–H and O–H groups in total. The molecule has 19 heavy (non-hydrogen) atoms. The van der Waals surface area contributed by atoms with Gasteiger partial charge in [0.1, 0.15) is 0 Å². The zero-order valence-corrected chi connectivity index (χ0v) is 12.9. The van der Waals surface area contributed by atoms with Crippen LogP contribution in [0, 0.1) is 5.41 Å². The number of aliphatic hydroxyl groups is 1. The van der Waals surface area contributed by atoms with E-state index in [2.05, 4.69) is 18.9 Å². The molecule has 2 aliphatic rings.